The zero-order chi connectivity index (χ0) is 13.1. The van der Waals surface area contributed by atoms with E-state index in [1.807, 2.05) is 31.4 Å². The number of halogens is 2. The molecule has 1 heterocycles. The Kier molecular flexibility index (Phi) is 4.23. The van der Waals surface area contributed by atoms with Gasteiger partial charge in [0.25, 0.3) is 0 Å². The number of nitrogens with zero attached hydrogens (tertiary/aromatic N) is 2. The summed E-state index contributed by atoms with van der Waals surface area (Å²) in [5.74, 6) is 0. The highest BCUT2D eigenvalue weighted by Crippen LogP contribution is 2.28. The summed E-state index contributed by atoms with van der Waals surface area (Å²) >= 11 is 4.98. The highest BCUT2D eigenvalue weighted by molar-refractivity contribution is 14.1. The van der Waals surface area contributed by atoms with Crippen LogP contribution in [0.25, 0.3) is 11.3 Å². The largest absolute Gasteiger partial charge is 0.421 e. The molecule has 0 radical (unpaired) electrons. The number of aromatic nitrogens is 2. The third-order valence-corrected chi connectivity index (χ3v) is 3.22. The van der Waals surface area contributed by atoms with E-state index in [9.17, 15) is 4.79 Å². The molecule has 2 aromatic rings. The van der Waals surface area contributed by atoms with Crippen LogP contribution in [0.15, 0.2) is 34.9 Å². The van der Waals surface area contributed by atoms with Crippen LogP contribution in [-0.2, 0) is 10.1 Å². The molecule has 1 N–H and O–H groups in total. The maximum absolute atomic E-state index is 11.1. The standard InChI is InChI=1S/C11H9BrIN3O2/c1-16-6-9(12)10(15-16)7-3-2-4-8(5-7)14-11(17)18-13/h2-6H,1H3,(H,14,17). The number of rotatable bonds is 2. The van der Waals surface area contributed by atoms with Crippen molar-refractivity contribution in [3.8, 4) is 11.3 Å². The SMILES string of the molecule is Cn1cc(Br)c(-c2cccc(NC(=O)OI)c2)n1. The lowest BCUT2D eigenvalue weighted by Crippen LogP contribution is -2.08. The smallest absolute Gasteiger partial charge is 0.378 e. The predicted octanol–water partition coefficient (Wildman–Crippen LogP) is 3.75. The van der Waals surface area contributed by atoms with Crippen LogP contribution in [0, 0.1) is 0 Å². The normalized spacial score (nSPS) is 10.2. The van der Waals surface area contributed by atoms with E-state index in [1.54, 1.807) is 10.7 Å². The molecule has 5 nitrogen and oxygen atoms in total. The van der Waals surface area contributed by atoms with E-state index < -0.39 is 6.09 Å². The van der Waals surface area contributed by atoms with Crippen molar-refractivity contribution in [3.63, 3.8) is 0 Å². The van der Waals surface area contributed by atoms with E-state index in [4.69, 9.17) is 0 Å². The van der Waals surface area contributed by atoms with Crippen molar-refractivity contribution in [1.29, 1.82) is 0 Å². The van der Waals surface area contributed by atoms with Crippen LogP contribution < -0.4 is 5.32 Å². The molecule has 94 valence electrons. The molecule has 0 atom stereocenters. The molecule has 18 heavy (non-hydrogen) atoms. The highest BCUT2D eigenvalue weighted by atomic mass is 127. The van der Waals surface area contributed by atoms with Crippen molar-refractivity contribution in [1.82, 2.24) is 9.78 Å². The van der Waals surface area contributed by atoms with Gasteiger partial charge in [0, 0.05) is 24.5 Å². The molecule has 1 amide bonds. The van der Waals surface area contributed by atoms with Crippen LogP contribution in [0.5, 0.6) is 0 Å². The fourth-order valence-corrected chi connectivity index (χ4v) is 2.25. The summed E-state index contributed by atoms with van der Waals surface area (Å²) < 4.78 is 7.14. The van der Waals surface area contributed by atoms with E-state index in [0.717, 1.165) is 15.7 Å². The van der Waals surface area contributed by atoms with E-state index >= 15 is 0 Å². The molecular weight excluding hydrogens is 413 g/mol. The Balaban J connectivity index is 2.32. The maximum atomic E-state index is 11.1. The number of amides is 1. The summed E-state index contributed by atoms with van der Waals surface area (Å²) in [5, 5.41) is 6.95. The Bertz CT molecular complexity index is 585. The summed E-state index contributed by atoms with van der Waals surface area (Å²) in [6.45, 7) is 0. The molecule has 0 aliphatic heterocycles. The van der Waals surface area contributed by atoms with Gasteiger partial charge in [-0.3, -0.25) is 10.00 Å². The Morgan fingerprint density at radius 2 is 2.33 bits per heavy atom. The molecular formula is C11H9BrIN3O2. The number of carbonyl (C=O) groups is 1. The van der Waals surface area contributed by atoms with Gasteiger partial charge < -0.3 is 3.07 Å². The lowest BCUT2D eigenvalue weighted by molar-refractivity contribution is 0.228. The minimum absolute atomic E-state index is 0.507. The van der Waals surface area contributed by atoms with Crippen molar-refractivity contribution < 1.29 is 7.86 Å². The number of hydrogen-bond acceptors (Lipinski definition) is 3. The number of nitrogens with one attached hydrogen (secondary N) is 1. The Hall–Kier alpha value is -1.09. The molecule has 0 unspecified atom stereocenters. The van der Waals surface area contributed by atoms with Gasteiger partial charge in [-0.15, -0.1) is 0 Å². The van der Waals surface area contributed by atoms with Gasteiger partial charge >= 0.3 is 6.09 Å². The average Bonchev–Trinajstić information content (AvgIpc) is 2.68. The number of anilines is 1. The lowest BCUT2D eigenvalue weighted by atomic mass is 10.1. The Morgan fingerprint density at radius 3 is 2.94 bits per heavy atom. The van der Waals surface area contributed by atoms with Crippen molar-refractivity contribution in [2.75, 3.05) is 5.32 Å². The van der Waals surface area contributed by atoms with Gasteiger partial charge in [0.2, 0.25) is 0 Å². The van der Waals surface area contributed by atoms with Crippen LogP contribution in [0.2, 0.25) is 0 Å². The summed E-state index contributed by atoms with van der Waals surface area (Å²) in [4.78, 5) is 11.1. The zero-order valence-electron chi connectivity index (χ0n) is 9.35. The molecule has 0 bridgehead atoms. The van der Waals surface area contributed by atoms with Crippen LogP contribution in [0.4, 0.5) is 10.5 Å². The van der Waals surface area contributed by atoms with Crippen molar-refractivity contribution in [2.24, 2.45) is 7.05 Å². The van der Waals surface area contributed by atoms with Gasteiger partial charge in [-0.2, -0.15) is 5.10 Å². The third kappa shape index (κ3) is 3.02. The topological polar surface area (TPSA) is 56.2 Å². The fourth-order valence-electron chi connectivity index (χ4n) is 1.54. The van der Waals surface area contributed by atoms with Crippen LogP contribution in [-0.4, -0.2) is 15.9 Å². The van der Waals surface area contributed by atoms with Crippen molar-refractivity contribution in [2.45, 2.75) is 0 Å². The third-order valence-electron chi connectivity index (χ3n) is 2.24. The first kappa shape index (κ1) is 13.3. The summed E-state index contributed by atoms with van der Waals surface area (Å²) in [6.07, 6.45) is 1.36. The summed E-state index contributed by atoms with van der Waals surface area (Å²) in [7, 11) is 1.85. The van der Waals surface area contributed by atoms with Crippen LogP contribution in [0.1, 0.15) is 0 Å². The van der Waals surface area contributed by atoms with E-state index in [2.05, 4.69) is 29.4 Å². The second-order valence-corrected chi connectivity index (χ2v) is 4.86. The average molecular weight is 422 g/mol. The van der Waals surface area contributed by atoms with Crippen molar-refractivity contribution in [3.05, 3.63) is 34.9 Å². The number of carbonyl (C=O) groups excluding carboxylic acids is 1. The second kappa shape index (κ2) is 5.70. The minimum Gasteiger partial charge on any atom is -0.378 e. The Labute approximate surface area is 126 Å². The predicted molar refractivity (Wildman–Crippen MR) is 80.5 cm³/mol. The highest BCUT2D eigenvalue weighted by Gasteiger charge is 2.09. The van der Waals surface area contributed by atoms with Gasteiger partial charge in [0.15, 0.2) is 23.0 Å². The lowest BCUT2D eigenvalue weighted by Gasteiger charge is -2.04. The molecule has 0 saturated heterocycles. The monoisotopic (exact) mass is 421 g/mol. The molecule has 1 aromatic carbocycles. The fraction of sp³-hybridized carbons (Fsp3) is 0.0909. The molecule has 1 aromatic heterocycles. The van der Waals surface area contributed by atoms with E-state index in [1.165, 1.54) is 23.0 Å². The first-order valence-electron chi connectivity index (χ1n) is 4.99. The van der Waals surface area contributed by atoms with Gasteiger partial charge in [-0.05, 0) is 28.1 Å². The van der Waals surface area contributed by atoms with Gasteiger partial charge in [-0.25, -0.2) is 4.79 Å². The molecule has 0 aliphatic rings. The second-order valence-electron chi connectivity index (χ2n) is 3.57. The first-order chi connectivity index (χ1) is 8.60. The van der Waals surface area contributed by atoms with Gasteiger partial charge in [-0.1, -0.05) is 12.1 Å². The maximum Gasteiger partial charge on any atom is 0.421 e. The van der Waals surface area contributed by atoms with Crippen LogP contribution in [0.3, 0.4) is 0 Å². The number of benzene rings is 1. The quantitative estimate of drug-likeness (QED) is 0.751. The summed E-state index contributed by atoms with van der Waals surface area (Å²) in [6, 6.07) is 7.39. The number of hydrogen-bond donors (Lipinski definition) is 1. The number of aryl methyl sites for hydroxylation is 1. The van der Waals surface area contributed by atoms with Crippen molar-refractivity contribution >= 4 is 50.7 Å². The van der Waals surface area contributed by atoms with Gasteiger partial charge in [0.1, 0.15) is 5.69 Å². The first-order valence-corrected chi connectivity index (χ1v) is 6.66. The molecule has 0 saturated carbocycles. The van der Waals surface area contributed by atoms with E-state index in [0.29, 0.717) is 5.69 Å². The molecule has 0 fully saturated rings. The molecule has 7 heteroatoms. The Morgan fingerprint density at radius 1 is 1.56 bits per heavy atom. The van der Waals surface area contributed by atoms with Gasteiger partial charge in [0.05, 0.1) is 4.47 Å². The molecule has 2 rings (SSSR count). The molecule has 0 aliphatic carbocycles. The minimum atomic E-state index is -0.507. The van der Waals surface area contributed by atoms with E-state index in [-0.39, 0.29) is 0 Å². The summed E-state index contributed by atoms with van der Waals surface area (Å²) in [5.41, 5.74) is 2.39. The zero-order valence-corrected chi connectivity index (χ0v) is 13.1. The van der Waals surface area contributed by atoms with Crippen LogP contribution >= 0.6 is 38.9 Å². The molecule has 0 spiro atoms.